The highest BCUT2D eigenvalue weighted by atomic mass is 32.2. The van der Waals surface area contributed by atoms with E-state index in [1.165, 1.54) is 12.3 Å². The molecule has 0 spiro atoms. The maximum Gasteiger partial charge on any atom is 0.338 e. The molecule has 6 nitrogen and oxygen atoms in total. The van der Waals surface area contributed by atoms with Gasteiger partial charge in [0.15, 0.2) is 0 Å². The summed E-state index contributed by atoms with van der Waals surface area (Å²) in [6, 6.07) is 19.9. The maximum atomic E-state index is 13.3. The number of hydrogen-bond acceptors (Lipinski definition) is 6. The molecular formula is C25H21NO5S. The highest BCUT2D eigenvalue weighted by Gasteiger charge is 2.36. The van der Waals surface area contributed by atoms with E-state index in [1.54, 1.807) is 78.6 Å². The topological polar surface area (TPSA) is 80.8 Å². The Balaban J connectivity index is 1.87. The second-order valence-corrected chi connectivity index (χ2v) is 9.19. The standard InChI is InChI=1S/C25H21NO5S/c1-3-31-25(28)19-7-6-8-20(15-19)26-16-23(24(27)18-13-11-17(2)12-14-18)32(29,30)22-10-5-4-9-21(22)26/h4-16H,3H2,1-2H3. The number of sulfone groups is 1. The molecule has 3 aromatic carbocycles. The average Bonchev–Trinajstić information content (AvgIpc) is 2.79. The largest absolute Gasteiger partial charge is 0.462 e. The molecule has 0 radical (unpaired) electrons. The molecule has 0 aliphatic carbocycles. The number of carbonyl (C=O) groups excluding carboxylic acids is 2. The van der Waals surface area contributed by atoms with Gasteiger partial charge in [-0.25, -0.2) is 13.2 Å². The molecule has 3 aromatic rings. The van der Waals surface area contributed by atoms with Crippen LogP contribution in [0, 0.1) is 6.92 Å². The number of nitrogens with zero attached hydrogens (tertiary/aromatic N) is 1. The third-order valence-electron chi connectivity index (χ3n) is 5.12. The predicted molar refractivity (Wildman–Crippen MR) is 122 cm³/mol. The lowest BCUT2D eigenvalue weighted by Crippen LogP contribution is -2.26. The smallest absolute Gasteiger partial charge is 0.338 e. The predicted octanol–water partition coefficient (Wildman–Crippen LogP) is 4.82. The Morgan fingerprint density at radius 3 is 2.34 bits per heavy atom. The molecule has 1 heterocycles. The summed E-state index contributed by atoms with van der Waals surface area (Å²) in [5, 5.41) is 0. The lowest BCUT2D eigenvalue weighted by molar-refractivity contribution is 0.0526. The number of para-hydroxylation sites is 1. The summed E-state index contributed by atoms with van der Waals surface area (Å²) in [6.45, 7) is 3.85. The first-order valence-electron chi connectivity index (χ1n) is 10.1. The van der Waals surface area contributed by atoms with Gasteiger partial charge in [-0.05, 0) is 44.2 Å². The summed E-state index contributed by atoms with van der Waals surface area (Å²) in [6.07, 6.45) is 1.32. The van der Waals surface area contributed by atoms with Crippen LogP contribution in [-0.4, -0.2) is 26.8 Å². The van der Waals surface area contributed by atoms with Crippen molar-refractivity contribution in [3.05, 3.63) is 101 Å². The summed E-state index contributed by atoms with van der Waals surface area (Å²) in [5.41, 5.74) is 2.51. The molecule has 0 aromatic heterocycles. The first kappa shape index (κ1) is 21.5. The first-order valence-corrected chi connectivity index (χ1v) is 11.5. The number of anilines is 2. The molecule has 7 heteroatoms. The molecule has 4 rings (SSSR count). The van der Waals surface area contributed by atoms with Crippen LogP contribution in [0.4, 0.5) is 11.4 Å². The summed E-state index contributed by atoms with van der Waals surface area (Å²) >= 11 is 0. The molecular weight excluding hydrogens is 426 g/mol. The summed E-state index contributed by atoms with van der Waals surface area (Å²) in [4.78, 5) is 26.7. The number of rotatable bonds is 5. The minimum absolute atomic E-state index is 0.0273. The van der Waals surface area contributed by atoms with Gasteiger partial charge in [-0.1, -0.05) is 48.0 Å². The summed E-state index contributed by atoms with van der Waals surface area (Å²) in [5.74, 6) is -1.07. The van der Waals surface area contributed by atoms with E-state index in [9.17, 15) is 18.0 Å². The molecule has 0 saturated heterocycles. The molecule has 0 fully saturated rings. The normalized spacial score (nSPS) is 14.3. The highest BCUT2D eigenvalue weighted by molar-refractivity contribution is 7.96. The van der Waals surface area contributed by atoms with E-state index in [2.05, 4.69) is 0 Å². The molecule has 0 atom stereocenters. The number of hydrogen-bond donors (Lipinski definition) is 0. The quantitative estimate of drug-likeness (QED) is 0.412. The molecule has 1 aliphatic rings. The Bertz CT molecular complexity index is 1340. The Labute approximate surface area is 186 Å². The van der Waals surface area contributed by atoms with Crippen molar-refractivity contribution in [3.63, 3.8) is 0 Å². The van der Waals surface area contributed by atoms with E-state index in [-0.39, 0.29) is 22.0 Å². The van der Waals surface area contributed by atoms with Gasteiger partial charge in [0, 0.05) is 17.5 Å². The Morgan fingerprint density at radius 1 is 0.906 bits per heavy atom. The van der Waals surface area contributed by atoms with E-state index in [0.29, 0.717) is 16.9 Å². The number of carbonyl (C=O) groups is 2. The van der Waals surface area contributed by atoms with Gasteiger partial charge in [-0.3, -0.25) is 4.79 Å². The second-order valence-electron chi connectivity index (χ2n) is 7.30. The van der Waals surface area contributed by atoms with Gasteiger partial charge in [0.25, 0.3) is 0 Å². The monoisotopic (exact) mass is 447 g/mol. The molecule has 0 amide bonds. The zero-order chi connectivity index (χ0) is 22.9. The van der Waals surface area contributed by atoms with Crippen molar-refractivity contribution < 1.29 is 22.7 Å². The lowest BCUT2D eigenvalue weighted by atomic mass is 10.1. The van der Waals surface area contributed by atoms with Gasteiger partial charge >= 0.3 is 5.97 Å². The van der Waals surface area contributed by atoms with E-state index in [1.807, 2.05) is 6.92 Å². The van der Waals surface area contributed by atoms with E-state index >= 15 is 0 Å². The number of fused-ring (bicyclic) bond motifs is 1. The molecule has 0 N–H and O–H groups in total. The van der Waals surface area contributed by atoms with Crippen LogP contribution in [-0.2, 0) is 14.6 Å². The minimum Gasteiger partial charge on any atom is -0.462 e. The highest BCUT2D eigenvalue weighted by Crippen LogP contribution is 2.40. The van der Waals surface area contributed by atoms with Gasteiger partial charge in [0.1, 0.15) is 4.91 Å². The Morgan fingerprint density at radius 2 is 1.62 bits per heavy atom. The van der Waals surface area contributed by atoms with Gasteiger partial charge in [0.2, 0.25) is 15.6 Å². The molecule has 0 saturated carbocycles. The van der Waals surface area contributed by atoms with Crippen molar-refractivity contribution >= 4 is 33.0 Å². The number of allylic oxidation sites excluding steroid dienone is 1. The zero-order valence-electron chi connectivity index (χ0n) is 17.6. The van der Waals surface area contributed by atoms with Crippen LogP contribution < -0.4 is 4.90 Å². The van der Waals surface area contributed by atoms with Gasteiger partial charge in [-0.15, -0.1) is 0 Å². The van der Waals surface area contributed by atoms with Crippen molar-refractivity contribution in [3.8, 4) is 0 Å². The van der Waals surface area contributed by atoms with E-state index in [0.717, 1.165) is 5.56 Å². The molecule has 0 unspecified atom stereocenters. The van der Waals surface area contributed by atoms with Crippen LogP contribution in [0.15, 0.2) is 88.8 Å². The maximum absolute atomic E-state index is 13.3. The fourth-order valence-electron chi connectivity index (χ4n) is 3.50. The van der Waals surface area contributed by atoms with Crippen molar-refractivity contribution in [2.24, 2.45) is 0 Å². The van der Waals surface area contributed by atoms with Crippen LogP contribution >= 0.6 is 0 Å². The van der Waals surface area contributed by atoms with Crippen LogP contribution in [0.1, 0.15) is 33.2 Å². The van der Waals surface area contributed by atoms with Crippen LogP contribution in [0.25, 0.3) is 0 Å². The van der Waals surface area contributed by atoms with Crippen molar-refractivity contribution in [1.82, 2.24) is 0 Å². The van der Waals surface area contributed by atoms with Gasteiger partial charge in [0.05, 0.1) is 22.8 Å². The van der Waals surface area contributed by atoms with Crippen molar-refractivity contribution in [2.45, 2.75) is 18.7 Å². The third-order valence-corrected chi connectivity index (χ3v) is 6.92. The van der Waals surface area contributed by atoms with Crippen LogP contribution in [0.3, 0.4) is 0 Å². The summed E-state index contributed by atoms with van der Waals surface area (Å²) in [7, 11) is -4.04. The summed E-state index contributed by atoms with van der Waals surface area (Å²) < 4.78 is 31.7. The van der Waals surface area contributed by atoms with Gasteiger partial charge < -0.3 is 9.64 Å². The molecule has 1 aliphatic heterocycles. The number of aryl methyl sites for hydroxylation is 1. The van der Waals surface area contributed by atoms with E-state index < -0.39 is 21.6 Å². The minimum atomic E-state index is -4.04. The number of benzene rings is 3. The fourth-order valence-corrected chi connectivity index (χ4v) is 5.04. The number of ether oxygens (including phenoxy) is 1. The van der Waals surface area contributed by atoms with E-state index in [4.69, 9.17) is 4.74 Å². The van der Waals surface area contributed by atoms with Gasteiger partial charge in [-0.2, -0.15) is 0 Å². The molecule has 0 bridgehead atoms. The van der Waals surface area contributed by atoms with Crippen molar-refractivity contribution in [1.29, 1.82) is 0 Å². The Kier molecular flexibility index (Phi) is 5.67. The molecule has 162 valence electrons. The van der Waals surface area contributed by atoms with Crippen molar-refractivity contribution in [2.75, 3.05) is 11.5 Å². The van der Waals surface area contributed by atoms with Crippen LogP contribution in [0.5, 0.6) is 0 Å². The van der Waals surface area contributed by atoms with Crippen LogP contribution in [0.2, 0.25) is 0 Å². The Hall–Kier alpha value is -3.71. The lowest BCUT2D eigenvalue weighted by Gasteiger charge is -2.29. The SMILES string of the molecule is CCOC(=O)c1cccc(N2C=C(C(=O)c3ccc(C)cc3)S(=O)(=O)c3ccccc32)c1. The third kappa shape index (κ3) is 3.83. The number of ketones is 1. The average molecular weight is 448 g/mol. The number of Topliss-reactive ketones (excluding diaryl/α,β-unsaturated/α-hetero) is 1. The zero-order valence-corrected chi connectivity index (χ0v) is 18.4. The first-order chi connectivity index (χ1) is 15.3. The number of esters is 1. The molecule has 32 heavy (non-hydrogen) atoms. The second kappa shape index (κ2) is 8.43. The fraction of sp³-hybridized carbons (Fsp3) is 0.120.